The molecule has 4 rings (SSSR count). The molecule has 0 saturated heterocycles. The molecule has 4 saturated carbocycles. The number of alkyl halides is 1. The van der Waals surface area contributed by atoms with E-state index in [1.807, 2.05) is 0 Å². The Morgan fingerprint density at radius 3 is 2.00 bits per heavy atom. The first-order valence-electron chi connectivity index (χ1n) is 5.50. The standard InChI is InChI=1S/C10H14Cl3OP/c11-9-2-7-1-8(3-9)5-10(4-7,6-9)15(12,13)14/h7-8H,1-6H2/t7-,8+,9?,10?. The average Bonchev–Trinajstić information content (AvgIpc) is 1.95. The van der Waals surface area contributed by atoms with Gasteiger partial charge in [-0.25, -0.2) is 0 Å². The maximum absolute atomic E-state index is 12.1. The summed E-state index contributed by atoms with van der Waals surface area (Å²) >= 11 is 18.5. The van der Waals surface area contributed by atoms with Crippen LogP contribution in [0.1, 0.15) is 38.5 Å². The fourth-order valence-electron chi connectivity index (χ4n) is 4.41. The van der Waals surface area contributed by atoms with Gasteiger partial charge in [-0.1, -0.05) is 0 Å². The largest absolute Gasteiger partial charge is 0.289 e. The lowest BCUT2D eigenvalue weighted by Gasteiger charge is -2.59. The van der Waals surface area contributed by atoms with E-state index in [0.717, 1.165) is 32.1 Å². The normalized spacial score (nSPS) is 53.5. The van der Waals surface area contributed by atoms with Crippen LogP contribution in [0.15, 0.2) is 0 Å². The summed E-state index contributed by atoms with van der Waals surface area (Å²) in [6.45, 7) is 0. The van der Waals surface area contributed by atoms with Crippen LogP contribution in [0.4, 0.5) is 0 Å². The lowest BCUT2D eigenvalue weighted by Crippen LogP contribution is -2.55. The van der Waals surface area contributed by atoms with Crippen LogP contribution in [0.2, 0.25) is 0 Å². The summed E-state index contributed by atoms with van der Waals surface area (Å²) in [6.07, 6.45) is 6.01. The molecular formula is C10H14Cl3OP. The van der Waals surface area contributed by atoms with E-state index in [2.05, 4.69) is 0 Å². The second kappa shape index (κ2) is 3.10. The Balaban J connectivity index is 2.03. The van der Waals surface area contributed by atoms with Gasteiger partial charge in [0, 0.05) is 4.87 Å². The van der Waals surface area contributed by atoms with Crippen LogP contribution in [0.25, 0.3) is 0 Å². The first-order chi connectivity index (χ1) is 6.82. The third kappa shape index (κ3) is 1.61. The highest BCUT2D eigenvalue weighted by molar-refractivity contribution is 8.09. The molecule has 1 nitrogen and oxygen atoms in total. The van der Waals surface area contributed by atoms with Crippen molar-refractivity contribution in [2.24, 2.45) is 11.8 Å². The molecule has 0 amide bonds. The molecule has 0 aromatic rings. The van der Waals surface area contributed by atoms with Crippen molar-refractivity contribution in [1.82, 2.24) is 0 Å². The number of halogens is 3. The smallest absolute Gasteiger partial charge is 0.259 e. The second-order valence-electron chi connectivity index (χ2n) is 5.80. The Morgan fingerprint density at radius 1 is 1.07 bits per heavy atom. The predicted octanol–water partition coefficient (Wildman–Crippen LogP) is 4.99. The van der Waals surface area contributed by atoms with Gasteiger partial charge in [0.1, 0.15) is 0 Å². The molecule has 0 aromatic carbocycles. The van der Waals surface area contributed by atoms with Gasteiger partial charge in [0.2, 0.25) is 0 Å². The fourth-order valence-corrected chi connectivity index (χ4v) is 7.81. The zero-order valence-corrected chi connectivity index (χ0v) is 11.5. The molecule has 5 heteroatoms. The van der Waals surface area contributed by atoms with E-state index < -0.39 is 5.85 Å². The van der Waals surface area contributed by atoms with Crippen LogP contribution < -0.4 is 0 Å². The van der Waals surface area contributed by atoms with Gasteiger partial charge < -0.3 is 0 Å². The van der Waals surface area contributed by atoms with Crippen LogP contribution in [-0.4, -0.2) is 10.0 Å². The van der Waals surface area contributed by atoms with Gasteiger partial charge in [-0.3, -0.25) is 4.57 Å². The minimum absolute atomic E-state index is 0.149. The Bertz CT molecular complexity index is 337. The zero-order chi connectivity index (χ0) is 10.9. The van der Waals surface area contributed by atoms with Crippen molar-refractivity contribution in [3.8, 4) is 0 Å². The van der Waals surface area contributed by atoms with Crippen molar-refractivity contribution >= 4 is 39.9 Å². The van der Waals surface area contributed by atoms with E-state index in [0.29, 0.717) is 11.8 Å². The summed E-state index contributed by atoms with van der Waals surface area (Å²) in [5.41, 5.74) is 0. The summed E-state index contributed by atoms with van der Waals surface area (Å²) in [7, 11) is 0. The molecule has 4 aliphatic carbocycles. The van der Waals surface area contributed by atoms with Gasteiger partial charge in [0.25, 0.3) is 5.85 Å². The lowest BCUT2D eigenvalue weighted by molar-refractivity contribution is 0.0501. The van der Waals surface area contributed by atoms with Crippen molar-refractivity contribution in [2.75, 3.05) is 0 Å². The summed E-state index contributed by atoms with van der Waals surface area (Å²) in [4.78, 5) is -0.149. The molecular weight excluding hydrogens is 273 g/mol. The first-order valence-corrected chi connectivity index (χ1v) is 9.40. The van der Waals surface area contributed by atoms with E-state index in [1.54, 1.807) is 0 Å². The minimum atomic E-state index is -3.05. The van der Waals surface area contributed by atoms with E-state index in [-0.39, 0.29) is 10.0 Å². The maximum atomic E-state index is 12.1. The predicted molar refractivity (Wildman–Crippen MR) is 65.3 cm³/mol. The molecule has 0 spiro atoms. The molecule has 4 aliphatic rings. The zero-order valence-electron chi connectivity index (χ0n) is 8.39. The molecule has 15 heavy (non-hydrogen) atoms. The van der Waals surface area contributed by atoms with E-state index in [4.69, 9.17) is 34.1 Å². The number of hydrogen-bond acceptors (Lipinski definition) is 1. The highest BCUT2D eigenvalue weighted by Gasteiger charge is 2.62. The van der Waals surface area contributed by atoms with Crippen molar-refractivity contribution in [2.45, 2.75) is 48.6 Å². The topological polar surface area (TPSA) is 17.1 Å². The average molecular weight is 288 g/mol. The summed E-state index contributed by atoms with van der Waals surface area (Å²) in [6, 6.07) is 0. The van der Waals surface area contributed by atoms with Crippen LogP contribution in [0.3, 0.4) is 0 Å². The van der Waals surface area contributed by atoms with E-state index in [9.17, 15) is 4.57 Å². The monoisotopic (exact) mass is 286 g/mol. The summed E-state index contributed by atoms with van der Waals surface area (Å²) in [5.74, 6) is -1.84. The number of hydrogen-bond donors (Lipinski definition) is 0. The second-order valence-corrected chi connectivity index (χ2v) is 11.8. The maximum Gasteiger partial charge on any atom is 0.259 e. The van der Waals surface area contributed by atoms with Gasteiger partial charge in [0.15, 0.2) is 0 Å². The number of rotatable bonds is 1. The highest BCUT2D eigenvalue weighted by atomic mass is 35.9. The molecule has 0 radical (unpaired) electrons. The van der Waals surface area contributed by atoms with Gasteiger partial charge >= 0.3 is 0 Å². The van der Waals surface area contributed by atoms with Crippen molar-refractivity contribution in [3.63, 3.8) is 0 Å². The van der Waals surface area contributed by atoms with Crippen LogP contribution in [-0.2, 0) is 4.57 Å². The Hall–Kier alpha value is 1.10. The van der Waals surface area contributed by atoms with E-state index >= 15 is 0 Å². The van der Waals surface area contributed by atoms with Gasteiger partial charge in [-0.05, 0) is 72.8 Å². The quantitative estimate of drug-likeness (QED) is 0.490. The molecule has 86 valence electrons. The first kappa shape index (κ1) is 11.2. The highest BCUT2D eigenvalue weighted by Crippen LogP contribution is 2.78. The molecule has 4 atom stereocenters. The van der Waals surface area contributed by atoms with Gasteiger partial charge in [-0.2, -0.15) is 0 Å². The van der Waals surface area contributed by atoms with Crippen molar-refractivity contribution < 1.29 is 4.57 Å². The Kier molecular flexibility index (Phi) is 2.32. The van der Waals surface area contributed by atoms with Crippen molar-refractivity contribution in [3.05, 3.63) is 0 Å². The van der Waals surface area contributed by atoms with Crippen LogP contribution >= 0.6 is 39.9 Å². The molecule has 4 bridgehead atoms. The molecule has 4 fully saturated rings. The molecule has 0 heterocycles. The summed E-state index contributed by atoms with van der Waals surface area (Å²) < 4.78 is 12.1. The van der Waals surface area contributed by atoms with Gasteiger partial charge in [-0.15, -0.1) is 11.6 Å². The Morgan fingerprint density at radius 2 is 1.60 bits per heavy atom. The lowest BCUT2D eigenvalue weighted by atomic mass is 9.55. The van der Waals surface area contributed by atoms with Crippen LogP contribution in [0, 0.1) is 11.8 Å². The minimum Gasteiger partial charge on any atom is -0.289 e. The SMILES string of the molecule is O=P(Cl)(Cl)C12C[C@@H]3C[C@@H](CC(Cl)(C3)C1)C2. The van der Waals surface area contributed by atoms with Crippen LogP contribution in [0.5, 0.6) is 0 Å². The summed E-state index contributed by atoms with van der Waals surface area (Å²) in [5, 5.41) is -0.345. The molecule has 0 aliphatic heterocycles. The van der Waals surface area contributed by atoms with E-state index in [1.165, 1.54) is 6.42 Å². The Labute approximate surface area is 105 Å². The van der Waals surface area contributed by atoms with Gasteiger partial charge in [0.05, 0.1) is 5.16 Å². The molecule has 0 N–H and O–H groups in total. The third-order valence-corrected chi connectivity index (χ3v) is 8.73. The molecule has 0 aromatic heterocycles. The fraction of sp³-hybridized carbons (Fsp3) is 1.00. The molecule has 2 unspecified atom stereocenters. The third-order valence-electron chi connectivity index (χ3n) is 4.51. The van der Waals surface area contributed by atoms with Crippen molar-refractivity contribution in [1.29, 1.82) is 0 Å².